The highest BCUT2D eigenvalue weighted by atomic mass is 35.5. The molecular formula is C13H20ClNO2. The molecule has 0 fully saturated rings. The fraction of sp³-hybridized carbons (Fsp3) is 0.538. The predicted molar refractivity (Wildman–Crippen MR) is 72.1 cm³/mol. The number of halogens is 1. The largest absolute Gasteiger partial charge is 0.495 e. The summed E-state index contributed by atoms with van der Waals surface area (Å²) in [6.45, 7) is 4.89. The Bertz CT molecular complexity index is 380. The van der Waals surface area contributed by atoms with Gasteiger partial charge in [-0.1, -0.05) is 25.4 Å². The molecule has 0 aromatic heterocycles. The molecule has 1 aromatic carbocycles. The molecule has 0 aliphatic carbocycles. The Morgan fingerprint density at radius 2 is 2.06 bits per heavy atom. The average molecular weight is 258 g/mol. The van der Waals surface area contributed by atoms with Crippen molar-refractivity contribution in [2.24, 2.45) is 5.41 Å². The molecule has 0 atom stereocenters. The van der Waals surface area contributed by atoms with E-state index in [1.807, 2.05) is 37.9 Å². The summed E-state index contributed by atoms with van der Waals surface area (Å²) in [5.74, 6) is 0.783. The van der Waals surface area contributed by atoms with Gasteiger partial charge in [0.2, 0.25) is 0 Å². The van der Waals surface area contributed by atoms with E-state index in [9.17, 15) is 5.11 Å². The fourth-order valence-electron chi connectivity index (χ4n) is 1.74. The number of hydrogen-bond acceptors (Lipinski definition) is 3. The normalized spacial score (nSPS) is 11.4. The summed E-state index contributed by atoms with van der Waals surface area (Å²) in [5.41, 5.74) is 0.767. The quantitative estimate of drug-likeness (QED) is 0.881. The molecule has 0 bridgehead atoms. The molecule has 0 saturated heterocycles. The van der Waals surface area contributed by atoms with Crippen LogP contribution in [0.1, 0.15) is 13.8 Å². The first-order chi connectivity index (χ1) is 7.89. The summed E-state index contributed by atoms with van der Waals surface area (Å²) in [6, 6.07) is 5.52. The number of nitrogens with zero attached hydrogens (tertiary/aromatic N) is 1. The monoisotopic (exact) mass is 257 g/mol. The summed E-state index contributed by atoms with van der Waals surface area (Å²) >= 11 is 5.99. The standard InChI is InChI=1S/C13H20ClNO2/c1-13(2,9-16)8-15(3)11-7-10(14)5-6-12(11)17-4/h5-7,16H,8-9H2,1-4H3. The van der Waals surface area contributed by atoms with E-state index < -0.39 is 0 Å². The summed E-state index contributed by atoms with van der Waals surface area (Å²) in [4.78, 5) is 2.04. The van der Waals surface area contributed by atoms with Crippen molar-refractivity contribution in [2.75, 3.05) is 32.2 Å². The van der Waals surface area contributed by atoms with Crippen LogP contribution in [0.15, 0.2) is 18.2 Å². The number of ether oxygens (including phenoxy) is 1. The van der Waals surface area contributed by atoms with Gasteiger partial charge in [-0.05, 0) is 18.2 Å². The van der Waals surface area contributed by atoms with Crippen molar-refractivity contribution >= 4 is 17.3 Å². The summed E-state index contributed by atoms with van der Waals surface area (Å²) in [7, 11) is 3.60. The Kier molecular flexibility index (Phi) is 4.66. The Morgan fingerprint density at radius 3 is 2.59 bits per heavy atom. The lowest BCUT2D eigenvalue weighted by Gasteiger charge is -2.30. The van der Waals surface area contributed by atoms with E-state index in [4.69, 9.17) is 16.3 Å². The van der Waals surface area contributed by atoms with Crippen LogP contribution in [0.5, 0.6) is 5.75 Å². The smallest absolute Gasteiger partial charge is 0.142 e. The van der Waals surface area contributed by atoms with E-state index in [-0.39, 0.29) is 12.0 Å². The van der Waals surface area contributed by atoms with Crippen LogP contribution >= 0.6 is 11.6 Å². The lowest BCUT2D eigenvalue weighted by molar-refractivity contribution is 0.165. The minimum absolute atomic E-state index is 0.139. The molecule has 1 rings (SSSR count). The zero-order valence-corrected chi connectivity index (χ0v) is 11.6. The second kappa shape index (κ2) is 5.61. The van der Waals surface area contributed by atoms with Gasteiger partial charge in [-0.3, -0.25) is 0 Å². The van der Waals surface area contributed by atoms with E-state index in [0.717, 1.165) is 18.0 Å². The SMILES string of the molecule is COc1ccc(Cl)cc1N(C)CC(C)(C)CO. The van der Waals surface area contributed by atoms with Gasteiger partial charge in [0, 0.05) is 30.6 Å². The molecule has 1 N–H and O–H groups in total. The van der Waals surface area contributed by atoms with Crippen LogP contribution in [0, 0.1) is 5.41 Å². The topological polar surface area (TPSA) is 32.7 Å². The van der Waals surface area contributed by atoms with Crippen molar-refractivity contribution in [2.45, 2.75) is 13.8 Å². The third-order valence-corrected chi connectivity index (χ3v) is 2.88. The van der Waals surface area contributed by atoms with Gasteiger partial charge in [0.15, 0.2) is 0 Å². The highest BCUT2D eigenvalue weighted by molar-refractivity contribution is 6.30. The lowest BCUT2D eigenvalue weighted by atomic mass is 9.94. The van der Waals surface area contributed by atoms with Crippen molar-refractivity contribution in [3.8, 4) is 5.75 Å². The molecule has 1 aromatic rings. The van der Waals surface area contributed by atoms with Crippen LogP contribution in [-0.2, 0) is 0 Å². The van der Waals surface area contributed by atoms with Gasteiger partial charge >= 0.3 is 0 Å². The molecule has 96 valence electrons. The molecule has 0 aliphatic heterocycles. The molecule has 17 heavy (non-hydrogen) atoms. The first kappa shape index (κ1) is 14.1. The average Bonchev–Trinajstić information content (AvgIpc) is 2.28. The highest BCUT2D eigenvalue weighted by Gasteiger charge is 2.20. The second-order valence-electron chi connectivity index (χ2n) is 4.99. The minimum atomic E-state index is -0.165. The van der Waals surface area contributed by atoms with Crippen LogP contribution in [0.3, 0.4) is 0 Å². The Balaban J connectivity index is 2.95. The van der Waals surface area contributed by atoms with Gasteiger partial charge in [-0.2, -0.15) is 0 Å². The highest BCUT2D eigenvalue weighted by Crippen LogP contribution is 2.32. The van der Waals surface area contributed by atoms with Crippen LogP contribution in [0.2, 0.25) is 5.02 Å². The van der Waals surface area contributed by atoms with Gasteiger partial charge in [0.1, 0.15) is 5.75 Å². The maximum atomic E-state index is 9.29. The molecule has 0 radical (unpaired) electrons. The predicted octanol–water partition coefficient (Wildman–Crippen LogP) is 2.80. The molecule has 0 spiro atoms. The van der Waals surface area contributed by atoms with Gasteiger partial charge in [-0.15, -0.1) is 0 Å². The van der Waals surface area contributed by atoms with Crippen molar-refractivity contribution in [1.29, 1.82) is 0 Å². The maximum absolute atomic E-state index is 9.29. The number of benzene rings is 1. The number of hydrogen-bond donors (Lipinski definition) is 1. The summed E-state index contributed by atoms with van der Waals surface area (Å²) in [6.07, 6.45) is 0. The summed E-state index contributed by atoms with van der Waals surface area (Å²) in [5, 5.41) is 9.96. The zero-order chi connectivity index (χ0) is 13.1. The van der Waals surface area contributed by atoms with E-state index in [1.54, 1.807) is 13.2 Å². The van der Waals surface area contributed by atoms with Crippen LogP contribution in [0.25, 0.3) is 0 Å². The number of methoxy groups -OCH3 is 1. The second-order valence-corrected chi connectivity index (χ2v) is 5.43. The van der Waals surface area contributed by atoms with E-state index in [2.05, 4.69) is 0 Å². The van der Waals surface area contributed by atoms with E-state index in [1.165, 1.54) is 0 Å². The maximum Gasteiger partial charge on any atom is 0.142 e. The van der Waals surface area contributed by atoms with Crippen LogP contribution < -0.4 is 9.64 Å². The molecule has 0 saturated carbocycles. The van der Waals surface area contributed by atoms with Crippen molar-refractivity contribution < 1.29 is 9.84 Å². The van der Waals surface area contributed by atoms with Gasteiger partial charge < -0.3 is 14.7 Å². The lowest BCUT2D eigenvalue weighted by Crippen LogP contribution is -2.34. The summed E-state index contributed by atoms with van der Waals surface area (Å²) < 4.78 is 5.31. The molecule has 0 unspecified atom stereocenters. The van der Waals surface area contributed by atoms with Crippen LogP contribution in [-0.4, -0.2) is 32.4 Å². The zero-order valence-electron chi connectivity index (χ0n) is 10.8. The van der Waals surface area contributed by atoms with E-state index in [0.29, 0.717) is 5.02 Å². The number of aliphatic hydroxyl groups is 1. The third kappa shape index (κ3) is 3.79. The van der Waals surface area contributed by atoms with E-state index >= 15 is 0 Å². The first-order valence-electron chi connectivity index (χ1n) is 5.55. The van der Waals surface area contributed by atoms with Gasteiger partial charge in [0.05, 0.1) is 12.8 Å². The first-order valence-corrected chi connectivity index (χ1v) is 5.93. The van der Waals surface area contributed by atoms with Crippen molar-refractivity contribution in [3.05, 3.63) is 23.2 Å². The van der Waals surface area contributed by atoms with Gasteiger partial charge in [-0.25, -0.2) is 0 Å². The Hall–Kier alpha value is -0.930. The molecule has 0 aliphatic rings. The number of aliphatic hydroxyl groups excluding tert-OH is 1. The van der Waals surface area contributed by atoms with Crippen molar-refractivity contribution in [3.63, 3.8) is 0 Å². The Labute approximate surface area is 108 Å². The third-order valence-electron chi connectivity index (χ3n) is 2.65. The molecule has 0 heterocycles. The molecular weight excluding hydrogens is 238 g/mol. The van der Waals surface area contributed by atoms with Crippen LogP contribution in [0.4, 0.5) is 5.69 Å². The number of rotatable bonds is 5. The minimum Gasteiger partial charge on any atom is -0.495 e. The van der Waals surface area contributed by atoms with Gasteiger partial charge in [0.25, 0.3) is 0 Å². The van der Waals surface area contributed by atoms with Crippen molar-refractivity contribution in [1.82, 2.24) is 0 Å². The number of anilines is 1. The Morgan fingerprint density at radius 1 is 1.41 bits per heavy atom. The molecule has 4 heteroatoms. The fourth-order valence-corrected chi connectivity index (χ4v) is 1.91. The molecule has 0 amide bonds. The molecule has 3 nitrogen and oxygen atoms in total.